The third-order valence-corrected chi connectivity index (χ3v) is 4.08. The van der Waals surface area contributed by atoms with Gasteiger partial charge in [-0.1, -0.05) is 25.4 Å². The Morgan fingerprint density at radius 3 is 2.89 bits per heavy atom. The highest BCUT2D eigenvalue weighted by atomic mass is 35.5. The van der Waals surface area contributed by atoms with Gasteiger partial charge in [0, 0.05) is 19.6 Å². The number of aromatic nitrogens is 1. The maximum absolute atomic E-state index is 6.14. The first kappa shape index (κ1) is 13.6. The molecule has 1 fully saturated rings. The lowest BCUT2D eigenvalue weighted by molar-refractivity contribution is 0.422. The highest BCUT2D eigenvalue weighted by molar-refractivity contribution is 6.31. The molecule has 18 heavy (non-hydrogen) atoms. The SMILES string of the molecule is CNCc1nc(N2CCC(C(C)C)C2)ccc1Cl. The molecule has 1 unspecified atom stereocenters. The van der Waals surface area contributed by atoms with Gasteiger partial charge in [0.1, 0.15) is 5.82 Å². The smallest absolute Gasteiger partial charge is 0.128 e. The maximum Gasteiger partial charge on any atom is 0.128 e. The van der Waals surface area contributed by atoms with Crippen molar-refractivity contribution < 1.29 is 0 Å². The third-order valence-electron chi connectivity index (χ3n) is 3.74. The number of hydrogen-bond acceptors (Lipinski definition) is 3. The molecule has 4 heteroatoms. The van der Waals surface area contributed by atoms with Gasteiger partial charge in [0.15, 0.2) is 0 Å². The van der Waals surface area contributed by atoms with Crippen molar-refractivity contribution in [2.45, 2.75) is 26.8 Å². The molecule has 0 saturated carbocycles. The summed E-state index contributed by atoms with van der Waals surface area (Å²) in [7, 11) is 1.91. The van der Waals surface area contributed by atoms with E-state index >= 15 is 0 Å². The molecule has 1 atom stereocenters. The Balaban J connectivity index is 2.12. The minimum absolute atomic E-state index is 0.716. The van der Waals surface area contributed by atoms with E-state index in [4.69, 9.17) is 11.6 Å². The van der Waals surface area contributed by atoms with Crippen LogP contribution < -0.4 is 10.2 Å². The van der Waals surface area contributed by atoms with Crippen molar-refractivity contribution in [3.05, 3.63) is 22.8 Å². The van der Waals surface area contributed by atoms with Gasteiger partial charge in [-0.25, -0.2) is 4.98 Å². The predicted molar refractivity (Wildman–Crippen MR) is 77.2 cm³/mol. The molecule has 1 aliphatic rings. The first-order chi connectivity index (χ1) is 8.61. The zero-order valence-corrected chi connectivity index (χ0v) is 12.2. The lowest BCUT2D eigenvalue weighted by Gasteiger charge is -2.20. The fraction of sp³-hybridized carbons (Fsp3) is 0.643. The van der Waals surface area contributed by atoms with E-state index in [1.54, 1.807) is 0 Å². The van der Waals surface area contributed by atoms with Crippen molar-refractivity contribution in [1.29, 1.82) is 0 Å². The van der Waals surface area contributed by atoms with Crippen LogP contribution in [0.25, 0.3) is 0 Å². The molecule has 3 nitrogen and oxygen atoms in total. The largest absolute Gasteiger partial charge is 0.356 e. The van der Waals surface area contributed by atoms with Gasteiger partial charge < -0.3 is 10.2 Å². The number of halogens is 1. The van der Waals surface area contributed by atoms with Crippen LogP contribution in [0.2, 0.25) is 5.02 Å². The van der Waals surface area contributed by atoms with Crippen molar-refractivity contribution in [3.8, 4) is 0 Å². The Hall–Kier alpha value is -0.800. The molecule has 0 spiro atoms. The number of rotatable bonds is 4. The fourth-order valence-electron chi connectivity index (χ4n) is 2.48. The Morgan fingerprint density at radius 1 is 1.50 bits per heavy atom. The van der Waals surface area contributed by atoms with Crippen molar-refractivity contribution in [1.82, 2.24) is 10.3 Å². The monoisotopic (exact) mass is 267 g/mol. The lowest BCUT2D eigenvalue weighted by Crippen LogP contribution is -2.23. The normalized spacial score (nSPS) is 19.8. The summed E-state index contributed by atoms with van der Waals surface area (Å²) in [4.78, 5) is 7.04. The summed E-state index contributed by atoms with van der Waals surface area (Å²) in [6, 6.07) is 3.99. The fourth-order valence-corrected chi connectivity index (χ4v) is 2.65. The molecule has 0 aliphatic carbocycles. The maximum atomic E-state index is 6.14. The van der Waals surface area contributed by atoms with Crippen molar-refractivity contribution in [3.63, 3.8) is 0 Å². The summed E-state index contributed by atoms with van der Waals surface area (Å²) in [5.41, 5.74) is 0.935. The number of anilines is 1. The Kier molecular flexibility index (Phi) is 4.46. The number of hydrogen-bond donors (Lipinski definition) is 1. The molecule has 0 radical (unpaired) electrons. The van der Waals surface area contributed by atoms with E-state index in [0.717, 1.165) is 41.5 Å². The number of nitrogens with zero attached hydrogens (tertiary/aromatic N) is 2. The van der Waals surface area contributed by atoms with Crippen molar-refractivity contribution in [2.24, 2.45) is 11.8 Å². The molecular formula is C14H22ClN3. The zero-order chi connectivity index (χ0) is 13.1. The molecule has 0 bridgehead atoms. The summed E-state index contributed by atoms with van der Waals surface area (Å²) in [5.74, 6) is 2.60. The van der Waals surface area contributed by atoms with Crippen LogP contribution in [0.1, 0.15) is 26.0 Å². The first-order valence-electron chi connectivity index (χ1n) is 6.66. The van der Waals surface area contributed by atoms with Gasteiger partial charge >= 0.3 is 0 Å². The molecule has 100 valence electrons. The summed E-state index contributed by atoms with van der Waals surface area (Å²) < 4.78 is 0. The van der Waals surface area contributed by atoms with Crippen LogP contribution in [-0.4, -0.2) is 25.1 Å². The van der Waals surface area contributed by atoms with E-state index in [1.807, 2.05) is 19.2 Å². The van der Waals surface area contributed by atoms with Crippen LogP contribution in [0.15, 0.2) is 12.1 Å². The van der Waals surface area contributed by atoms with Gasteiger partial charge in [0.25, 0.3) is 0 Å². The third kappa shape index (κ3) is 2.96. The summed E-state index contributed by atoms with van der Waals surface area (Å²) in [6.45, 7) is 7.54. The molecular weight excluding hydrogens is 246 g/mol. The standard InChI is InChI=1S/C14H22ClN3/c1-10(2)11-6-7-18(9-11)14-5-4-12(15)13(17-14)8-16-3/h4-5,10-11,16H,6-9H2,1-3H3. The molecule has 0 amide bonds. The second-order valence-corrected chi connectivity index (χ2v) is 5.77. The van der Waals surface area contributed by atoms with Crippen LogP contribution in [0, 0.1) is 11.8 Å². The minimum Gasteiger partial charge on any atom is -0.356 e. The van der Waals surface area contributed by atoms with Crippen molar-refractivity contribution in [2.75, 3.05) is 25.0 Å². The molecule has 0 aromatic carbocycles. The first-order valence-corrected chi connectivity index (χ1v) is 7.04. The van der Waals surface area contributed by atoms with E-state index in [0.29, 0.717) is 6.54 Å². The molecule has 1 aromatic rings. The second-order valence-electron chi connectivity index (χ2n) is 5.37. The van der Waals surface area contributed by atoms with Gasteiger partial charge in [-0.05, 0) is 37.4 Å². The quantitative estimate of drug-likeness (QED) is 0.909. The van der Waals surface area contributed by atoms with Crippen LogP contribution >= 0.6 is 11.6 Å². The van der Waals surface area contributed by atoms with Gasteiger partial charge in [0.05, 0.1) is 10.7 Å². The van der Waals surface area contributed by atoms with Crippen LogP contribution in [0.5, 0.6) is 0 Å². The molecule has 1 aliphatic heterocycles. The van der Waals surface area contributed by atoms with Crippen LogP contribution in [-0.2, 0) is 6.54 Å². The Labute approximate surface area is 115 Å². The molecule has 1 aromatic heterocycles. The van der Waals surface area contributed by atoms with Crippen molar-refractivity contribution >= 4 is 17.4 Å². The van der Waals surface area contributed by atoms with Crippen LogP contribution in [0.3, 0.4) is 0 Å². The average Bonchev–Trinajstić information content (AvgIpc) is 2.82. The Bertz CT molecular complexity index is 406. The van der Waals surface area contributed by atoms with Crippen LogP contribution in [0.4, 0.5) is 5.82 Å². The molecule has 1 N–H and O–H groups in total. The number of nitrogens with one attached hydrogen (secondary N) is 1. The predicted octanol–water partition coefficient (Wildman–Crippen LogP) is 2.94. The topological polar surface area (TPSA) is 28.2 Å². The van der Waals surface area contributed by atoms with Gasteiger partial charge in [-0.15, -0.1) is 0 Å². The van der Waals surface area contributed by atoms with E-state index in [-0.39, 0.29) is 0 Å². The molecule has 1 saturated heterocycles. The lowest BCUT2D eigenvalue weighted by atomic mass is 9.95. The zero-order valence-electron chi connectivity index (χ0n) is 11.4. The van der Waals surface area contributed by atoms with E-state index in [1.165, 1.54) is 6.42 Å². The second kappa shape index (κ2) is 5.89. The summed E-state index contributed by atoms with van der Waals surface area (Å²) in [5, 5.41) is 3.85. The van der Waals surface area contributed by atoms with E-state index < -0.39 is 0 Å². The molecule has 2 heterocycles. The number of pyridine rings is 1. The van der Waals surface area contributed by atoms with Gasteiger partial charge in [0.2, 0.25) is 0 Å². The summed E-state index contributed by atoms with van der Waals surface area (Å²) in [6.07, 6.45) is 1.27. The Morgan fingerprint density at radius 2 is 2.28 bits per heavy atom. The van der Waals surface area contributed by atoms with E-state index in [2.05, 4.69) is 29.0 Å². The average molecular weight is 268 g/mol. The minimum atomic E-state index is 0.716. The van der Waals surface area contributed by atoms with E-state index in [9.17, 15) is 0 Å². The van der Waals surface area contributed by atoms with Gasteiger partial charge in [-0.2, -0.15) is 0 Å². The summed E-state index contributed by atoms with van der Waals surface area (Å²) >= 11 is 6.14. The highest BCUT2D eigenvalue weighted by Gasteiger charge is 2.25. The highest BCUT2D eigenvalue weighted by Crippen LogP contribution is 2.28. The van der Waals surface area contributed by atoms with Gasteiger partial charge in [-0.3, -0.25) is 0 Å². The molecule has 2 rings (SSSR count).